The number of aromatic nitrogens is 2. The summed E-state index contributed by atoms with van der Waals surface area (Å²) < 4.78 is 6.80. The number of nitrogens with one attached hydrogen (secondary N) is 1. The van der Waals surface area contributed by atoms with Crippen LogP contribution < -0.4 is 10.1 Å². The van der Waals surface area contributed by atoms with Crippen molar-refractivity contribution in [2.24, 2.45) is 7.05 Å². The molecule has 27 heavy (non-hydrogen) atoms. The molecule has 3 rings (SSSR count). The number of benzene rings is 2. The minimum absolute atomic E-state index is 0.0806. The van der Waals surface area contributed by atoms with Crippen LogP contribution in [-0.2, 0) is 13.5 Å². The van der Waals surface area contributed by atoms with Crippen LogP contribution in [0.1, 0.15) is 29.4 Å². The Hall–Kier alpha value is -3.08. The quantitative estimate of drug-likeness (QED) is 0.694. The Labute approximate surface area is 160 Å². The lowest BCUT2D eigenvalue weighted by Crippen LogP contribution is -2.34. The summed E-state index contributed by atoms with van der Waals surface area (Å²) in [4.78, 5) is 12.6. The van der Waals surface area contributed by atoms with Gasteiger partial charge in [0, 0.05) is 18.7 Å². The largest absolute Gasteiger partial charge is 0.497 e. The second-order valence-corrected chi connectivity index (χ2v) is 6.67. The lowest BCUT2D eigenvalue weighted by molar-refractivity contribution is 0.0929. The fourth-order valence-corrected chi connectivity index (χ4v) is 2.98. The van der Waals surface area contributed by atoms with Gasteiger partial charge in [-0.25, -0.2) is 0 Å². The van der Waals surface area contributed by atoms with E-state index in [2.05, 4.69) is 22.5 Å². The zero-order valence-corrected chi connectivity index (χ0v) is 16.0. The van der Waals surface area contributed by atoms with E-state index in [-0.39, 0.29) is 11.9 Å². The van der Waals surface area contributed by atoms with Gasteiger partial charge < -0.3 is 10.1 Å². The minimum Gasteiger partial charge on any atom is -0.497 e. The summed E-state index contributed by atoms with van der Waals surface area (Å²) in [6, 6.07) is 19.8. The molecule has 3 aromatic rings. The lowest BCUT2D eigenvalue weighted by Gasteiger charge is -2.13. The van der Waals surface area contributed by atoms with Crippen molar-refractivity contribution in [2.45, 2.75) is 25.8 Å². The average Bonchev–Trinajstić information content (AvgIpc) is 3.09. The molecule has 1 aromatic heterocycles. The highest BCUT2D eigenvalue weighted by molar-refractivity contribution is 5.93. The van der Waals surface area contributed by atoms with Gasteiger partial charge in [-0.15, -0.1) is 0 Å². The number of ether oxygens (including phenoxy) is 1. The summed E-state index contributed by atoms with van der Waals surface area (Å²) in [7, 11) is 3.42. The van der Waals surface area contributed by atoms with E-state index in [0.717, 1.165) is 29.8 Å². The number of carbonyl (C=O) groups is 1. The minimum atomic E-state index is -0.106. The van der Waals surface area contributed by atoms with E-state index in [4.69, 9.17) is 4.74 Å². The summed E-state index contributed by atoms with van der Waals surface area (Å²) in [5.41, 5.74) is 3.54. The molecular weight excluding hydrogens is 338 g/mol. The maximum absolute atomic E-state index is 12.6. The van der Waals surface area contributed by atoms with Crippen molar-refractivity contribution in [2.75, 3.05) is 7.11 Å². The van der Waals surface area contributed by atoms with Crippen LogP contribution in [0.5, 0.6) is 5.75 Å². The SMILES string of the molecule is COc1ccc(-c2cc(C(=O)NC(C)CCc3ccccc3)n(C)n2)cc1. The number of carbonyl (C=O) groups excluding carboxylic acids is 1. The number of hydrogen-bond acceptors (Lipinski definition) is 3. The van der Waals surface area contributed by atoms with E-state index in [1.165, 1.54) is 5.56 Å². The second kappa shape index (κ2) is 8.54. The van der Waals surface area contributed by atoms with Gasteiger partial charge in [-0.1, -0.05) is 30.3 Å². The molecule has 0 radical (unpaired) electrons. The Morgan fingerprint density at radius 2 is 1.85 bits per heavy atom. The fraction of sp³-hybridized carbons (Fsp3) is 0.273. The molecule has 1 atom stereocenters. The molecule has 1 unspecified atom stereocenters. The van der Waals surface area contributed by atoms with Crippen molar-refractivity contribution in [3.63, 3.8) is 0 Å². The van der Waals surface area contributed by atoms with Gasteiger partial charge in [0.05, 0.1) is 12.8 Å². The van der Waals surface area contributed by atoms with Crippen LogP contribution in [-0.4, -0.2) is 28.8 Å². The van der Waals surface area contributed by atoms with E-state index >= 15 is 0 Å². The van der Waals surface area contributed by atoms with E-state index in [1.54, 1.807) is 18.8 Å². The normalized spacial score (nSPS) is 11.8. The van der Waals surface area contributed by atoms with E-state index < -0.39 is 0 Å². The number of methoxy groups -OCH3 is 1. The molecule has 0 spiro atoms. The number of nitrogens with zero attached hydrogens (tertiary/aromatic N) is 2. The van der Waals surface area contributed by atoms with Gasteiger partial charge in [-0.05, 0) is 55.7 Å². The first-order valence-corrected chi connectivity index (χ1v) is 9.10. The zero-order valence-electron chi connectivity index (χ0n) is 16.0. The highest BCUT2D eigenvalue weighted by Crippen LogP contribution is 2.22. The number of aryl methyl sites for hydroxylation is 2. The Morgan fingerprint density at radius 1 is 1.15 bits per heavy atom. The molecule has 0 saturated carbocycles. The van der Waals surface area contributed by atoms with Crippen molar-refractivity contribution in [1.82, 2.24) is 15.1 Å². The van der Waals surface area contributed by atoms with Crippen LogP contribution in [0.2, 0.25) is 0 Å². The summed E-state index contributed by atoms with van der Waals surface area (Å²) in [6.45, 7) is 2.03. The molecular formula is C22H25N3O2. The first-order chi connectivity index (χ1) is 13.1. The molecule has 0 saturated heterocycles. The van der Waals surface area contributed by atoms with Crippen LogP contribution in [0.25, 0.3) is 11.3 Å². The van der Waals surface area contributed by atoms with Gasteiger partial charge >= 0.3 is 0 Å². The zero-order chi connectivity index (χ0) is 19.2. The van der Waals surface area contributed by atoms with Gasteiger partial charge in [0.2, 0.25) is 0 Å². The Bertz CT molecular complexity index is 886. The Morgan fingerprint density at radius 3 is 2.52 bits per heavy atom. The Balaban J connectivity index is 1.63. The van der Waals surface area contributed by atoms with Crippen LogP contribution in [0, 0.1) is 0 Å². The molecule has 5 heteroatoms. The maximum atomic E-state index is 12.6. The van der Waals surface area contributed by atoms with Gasteiger partial charge in [-0.2, -0.15) is 5.10 Å². The van der Waals surface area contributed by atoms with Crippen LogP contribution in [0.4, 0.5) is 0 Å². The van der Waals surface area contributed by atoms with Crippen LogP contribution in [0.15, 0.2) is 60.7 Å². The van der Waals surface area contributed by atoms with Gasteiger partial charge in [0.25, 0.3) is 5.91 Å². The van der Waals surface area contributed by atoms with Crippen LogP contribution in [0.3, 0.4) is 0 Å². The highest BCUT2D eigenvalue weighted by Gasteiger charge is 2.16. The number of rotatable bonds is 7. The van der Waals surface area contributed by atoms with Gasteiger partial charge in [0.1, 0.15) is 11.4 Å². The molecule has 5 nitrogen and oxygen atoms in total. The third-order valence-electron chi connectivity index (χ3n) is 4.58. The Kier molecular flexibility index (Phi) is 5.91. The fourth-order valence-electron chi connectivity index (χ4n) is 2.98. The predicted molar refractivity (Wildman–Crippen MR) is 107 cm³/mol. The highest BCUT2D eigenvalue weighted by atomic mass is 16.5. The summed E-state index contributed by atoms with van der Waals surface area (Å²) in [5, 5.41) is 7.54. The number of amides is 1. The van der Waals surface area contributed by atoms with E-state index in [9.17, 15) is 4.79 Å². The summed E-state index contributed by atoms with van der Waals surface area (Å²) in [5.74, 6) is 0.685. The smallest absolute Gasteiger partial charge is 0.269 e. The molecule has 0 aliphatic carbocycles. The topological polar surface area (TPSA) is 56.1 Å². The molecule has 0 aliphatic rings. The molecule has 2 aromatic carbocycles. The number of hydrogen-bond donors (Lipinski definition) is 1. The summed E-state index contributed by atoms with van der Waals surface area (Å²) >= 11 is 0. The molecule has 140 valence electrons. The molecule has 0 aliphatic heterocycles. The molecule has 0 bridgehead atoms. The predicted octanol–water partition coefficient (Wildman–Crippen LogP) is 3.85. The van der Waals surface area contributed by atoms with Crippen molar-refractivity contribution in [3.05, 3.63) is 71.9 Å². The second-order valence-electron chi connectivity index (χ2n) is 6.67. The first-order valence-electron chi connectivity index (χ1n) is 9.10. The third kappa shape index (κ3) is 4.76. The van der Waals surface area contributed by atoms with Gasteiger partial charge in [0.15, 0.2) is 0 Å². The third-order valence-corrected chi connectivity index (χ3v) is 4.58. The first kappa shape index (κ1) is 18.7. The maximum Gasteiger partial charge on any atom is 0.269 e. The van der Waals surface area contributed by atoms with E-state index in [1.807, 2.05) is 55.5 Å². The average molecular weight is 363 g/mol. The standard InChI is InChI=1S/C22H25N3O2/c1-16(9-10-17-7-5-4-6-8-17)23-22(26)21-15-20(24-25(21)2)18-11-13-19(27-3)14-12-18/h4-8,11-16H,9-10H2,1-3H3,(H,23,26). The van der Waals surface area contributed by atoms with Gasteiger partial charge in [-0.3, -0.25) is 9.48 Å². The lowest BCUT2D eigenvalue weighted by atomic mass is 10.1. The molecule has 1 N–H and O–H groups in total. The van der Waals surface area contributed by atoms with Crippen molar-refractivity contribution in [1.29, 1.82) is 0 Å². The summed E-state index contributed by atoms with van der Waals surface area (Å²) in [6.07, 6.45) is 1.82. The molecule has 0 fully saturated rings. The molecule has 1 heterocycles. The van der Waals surface area contributed by atoms with Crippen molar-refractivity contribution < 1.29 is 9.53 Å². The molecule has 1 amide bonds. The van der Waals surface area contributed by atoms with E-state index in [0.29, 0.717) is 5.69 Å². The van der Waals surface area contributed by atoms with Crippen molar-refractivity contribution >= 4 is 5.91 Å². The van der Waals surface area contributed by atoms with Crippen LogP contribution >= 0.6 is 0 Å². The van der Waals surface area contributed by atoms with Crippen molar-refractivity contribution in [3.8, 4) is 17.0 Å². The monoisotopic (exact) mass is 363 g/mol.